The maximum absolute atomic E-state index is 11.8. The molecule has 1 aromatic heterocycles. The molecule has 4 nitrogen and oxygen atoms in total. The first-order valence-electron chi connectivity index (χ1n) is 5.71. The van der Waals surface area contributed by atoms with Gasteiger partial charge >= 0.3 is 0 Å². The van der Waals surface area contributed by atoms with Crippen molar-refractivity contribution in [2.24, 2.45) is 5.41 Å². The van der Waals surface area contributed by atoms with Crippen LogP contribution in [0.15, 0.2) is 6.07 Å². The first-order chi connectivity index (χ1) is 8.21. The van der Waals surface area contributed by atoms with E-state index in [1.807, 2.05) is 13.8 Å². The summed E-state index contributed by atoms with van der Waals surface area (Å²) < 4.78 is 0. The zero-order valence-corrected chi connectivity index (χ0v) is 12.2. The molecule has 1 heterocycles. The van der Waals surface area contributed by atoms with Crippen molar-refractivity contribution in [3.05, 3.63) is 21.9 Å². The molecule has 0 aliphatic rings. The van der Waals surface area contributed by atoms with Crippen LogP contribution in [0.3, 0.4) is 0 Å². The molecular formula is C12H18Cl2N2O2. The van der Waals surface area contributed by atoms with Gasteiger partial charge in [-0.15, -0.1) is 0 Å². The molecule has 18 heavy (non-hydrogen) atoms. The van der Waals surface area contributed by atoms with Crippen LogP contribution in [0.5, 0.6) is 0 Å². The predicted molar refractivity (Wildman–Crippen MR) is 73.2 cm³/mol. The SMILES string of the molecule is CC(O)CC(C)(C)CNC(=O)c1cc(Cl)c(Cl)[nH]1. The second-order valence-electron chi connectivity index (χ2n) is 5.24. The van der Waals surface area contributed by atoms with Gasteiger partial charge in [0, 0.05) is 6.54 Å². The minimum atomic E-state index is -0.397. The predicted octanol–water partition coefficient (Wildman–Crippen LogP) is 2.85. The fraction of sp³-hybridized carbons (Fsp3) is 0.583. The summed E-state index contributed by atoms with van der Waals surface area (Å²) in [6.45, 7) is 6.16. The standard InChI is InChI=1S/C12H18Cl2N2O2/c1-7(17)5-12(2,3)6-15-11(18)9-4-8(13)10(14)16-9/h4,7,16-17H,5-6H2,1-3H3,(H,15,18). The van der Waals surface area contributed by atoms with Gasteiger partial charge in [0.25, 0.3) is 5.91 Å². The van der Waals surface area contributed by atoms with Crippen LogP contribution in [0.2, 0.25) is 10.2 Å². The van der Waals surface area contributed by atoms with Gasteiger partial charge in [-0.1, -0.05) is 37.0 Å². The number of carbonyl (C=O) groups is 1. The van der Waals surface area contributed by atoms with Crippen molar-refractivity contribution in [2.75, 3.05) is 6.54 Å². The number of aromatic amines is 1. The molecule has 0 saturated carbocycles. The lowest BCUT2D eigenvalue weighted by molar-refractivity contribution is 0.0898. The highest BCUT2D eigenvalue weighted by Crippen LogP contribution is 2.23. The Hall–Kier alpha value is -0.710. The van der Waals surface area contributed by atoms with E-state index in [-0.39, 0.29) is 16.5 Å². The first-order valence-corrected chi connectivity index (χ1v) is 6.47. The molecular weight excluding hydrogens is 275 g/mol. The second kappa shape index (κ2) is 5.95. The smallest absolute Gasteiger partial charge is 0.267 e. The van der Waals surface area contributed by atoms with E-state index in [9.17, 15) is 9.90 Å². The Labute approximate surface area is 117 Å². The third kappa shape index (κ3) is 4.52. The van der Waals surface area contributed by atoms with Gasteiger partial charge in [-0.05, 0) is 24.8 Å². The van der Waals surface area contributed by atoms with E-state index in [0.717, 1.165) is 0 Å². The summed E-state index contributed by atoms with van der Waals surface area (Å²) in [7, 11) is 0. The topological polar surface area (TPSA) is 65.1 Å². The van der Waals surface area contributed by atoms with E-state index in [2.05, 4.69) is 10.3 Å². The molecule has 1 amide bonds. The molecule has 0 fully saturated rings. The molecule has 0 bridgehead atoms. The zero-order chi connectivity index (χ0) is 13.9. The van der Waals surface area contributed by atoms with Gasteiger partial charge in [-0.2, -0.15) is 0 Å². The molecule has 0 saturated heterocycles. The van der Waals surface area contributed by atoms with Crippen LogP contribution < -0.4 is 5.32 Å². The summed E-state index contributed by atoms with van der Waals surface area (Å²) in [6, 6.07) is 1.49. The number of aliphatic hydroxyl groups is 1. The maximum Gasteiger partial charge on any atom is 0.267 e. The largest absolute Gasteiger partial charge is 0.393 e. The summed E-state index contributed by atoms with van der Waals surface area (Å²) >= 11 is 11.5. The molecule has 1 unspecified atom stereocenters. The van der Waals surface area contributed by atoms with Crippen LogP contribution in [0.25, 0.3) is 0 Å². The number of H-pyrrole nitrogens is 1. The lowest BCUT2D eigenvalue weighted by Crippen LogP contribution is -2.35. The molecule has 0 aromatic carbocycles. The Morgan fingerprint density at radius 3 is 2.61 bits per heavy atom. The minimum absolute atomic E-state index is 0.177. The van der Waals surface area contributed by atoms with Gasteiger partial charge in [0.2, 0.25) is 0 Å². The number of amides is 1. The molecule has 0 aliphatic carbocycles. The number of nitrogens with one attached hydrogen (secondary N) is 2. The third-order valence-corrected chi connectivity index (χ3v) is 3.24. The number of aromatic nitrogens is 1. The van der Waals surface area contributed by atoms with Gasteiger partial charge in [-0.25, -0.2) is 0 Å². The Balaban J connectivity index is 2.56. The number of halogens is 2. The third-order valence-electron chi connectivity index (χ3n) is 2.55. The molecule has 1 aromatic rings. The highest BCUT2D eigenvalue weighted by atomic mass is 35.5. The number of hydrogen-bond donors (Lipinski definition) is 3. The van der Waals surface area contributed by atoms with Gasteiger partial charge in [0.05, 0.1) is 11.1 Å². The van der Waals surface area contributed by atoms with Crippen molar-refractivity contribution in [1.82, 2.24) is 10.3 Å². The summed E-state index contributed by atoms with van der Waals surface area (Å²) in [5.41, 5.74) is 0.155. The van der Waals surface area contributed by atoms with Crippen LogP contribution in [-0.4, -0.2) is 28.6 Å². The normalized spacial score (nSPS) is 13.4. The van der Waals surface area contributed by atoms with Crippen LogP contribution >= 0.6 is 23.2 Å². The zero-order valence-electron chi connectivity index (χ0n) is 10.7. The van der Waals surface area contributed by atoms with Crippen molar-refractivity contribution in [1.29, 1.82) is 0 Å². The molecule has 6 heteroatoms. The van der Waals surface area contributed by atoms with E-state index in [4.69, 9.17) is 23.2 Å². The van der Waals surface area contributed by atoms with Crippen LogP contribution in [0.4, 0.5) is 0 Å². The van der Waals surface area contributed by atoms with Crippen molar-refractivity contribution >= 4 is 29.1 Å². The van der Waals surface area contributed by atoms with E-state index in [1.54, 1.807) is 6.92 Å². The Bertz CT molecular complexity index is 408. The average Bonchev–Trinajstić information content (AvgIpc) is 2.54. The Morgan fingerprint density at radius 1 is 1.56 bits per heavy atom. The number of aliphatic hydroxyl groups excluding tert-OH is 1. The molecule has 0 spiro atoms. The quantitative estimate of drug-likeness (QED) is 0.781. The van der Waals surface area contributed by atoms with E-state index in [0.29, 0.717) is 23.7 Å². The molecule has 3 N–H and O–H groups in total. The molecule has 1 rings (SSSR count). The second-order valence-corrected chi connectivity index (χ2v) is 6.03. The lowest BCUT2D eigenvalue weighted by atomic mass is 9.87. The van der Waals surface area contributed by atoms with Gasteiger partial charge in [0.15, 0.2) is 0 Å². The van der Waals surface area contributed by atoms with E-state index >= 15 is 0 Å². The monoisotopic (exact) mass is 292 g/mol. The molecule has 0 aliphatic heterocycles. The van der Waals surface area contributed by atoms with Crippen molar-refractivity contribution in [3.8, 4) is 0 Å². The number of hydrogen-bond acceptors (Lipinski definition) is 2. The summed E-state index contributed by atoms with van der Waals surface area (Å²) in [6.07, 6.45) is 0.214. The van der Waals surface area contributed by atoms with Gasteiger partial charge < -0.3 is 15.4 Å². The van der Waals surface area contributed by atoms with E-state index < -0.39 is 6.10 Å². The molecule has 102 valence electrons. The first kappa shape index (κ1) is 15.3. The van der Waals surface area contributed by atoms with Gasteiger partial charge in [-0.3, -0.25) is 4.79 Å². The highest BCUT2D eigenvalue weighted by Gasteiger charge is 2.22. The minimum Gasteiger partial charge on any atom is -0.393 e. The van der Waals surface area contributed by atoms with E-state index in [1.165, 1.54) is 6.07 Å². The Kier molecular flexibility index (Phi) is 5.08. The van der Waals surface area contributed by atoms with Crippen LogP contribution in [0.1, 0.15) is 37.7 Å². The van der Waals surface area contributed by atoms with Crippen LogP contribution in [-0.2, 0) is 0 Å². The van der Waals surface area contributed by atoms with Crippen molar-refractivity contribution in [2.45, 2.75) is 33.3 Å². The van der Waals surface area contributed by atoms with Gasteiger partial charge in [0.1, 0.15) is 10.8 Å². The fourth-order valence-electron chi connectivity index (χ4n) is 1.81. The lowest BCUT2D eigenvalue weighted by Gasteiger charge is -2.26. The summed E-state index contributed by atoms with van der Waals surface area (Å²) in [4.78, 5) is 14.5. The van der Waals surface area contributed by atoms with Crippen molar-refractivity contribution < 1.29 is 9.90 Å². The number of rotatable bonds is 5. The van der Waals surface area contributed by atoms with Crippen LogP contribution in [0, 0.1) is 5.41 Å². The highest BCUT2D eigenvalue weighted by molar-refractivity contribution is 6.41. The number of carbonyl (C=O) groups excluding carboxylic acids is 1. The maximum atomic E-state index is 11.8. The summed E-state index contributed by atoms with van der Waals surface area (Å²) in [5, 5.41) is 12.7. The molecule has 1 atom stereocenters. The Morgan fingerprint density at radius 2 is 2.17 bits per heavy atom. The average molecular weight is 293 g/mol. The molecule has 0 radical (unpaired) electrons. The fourth-order valence-corrected chi connectivity index (χ4v) is 2.13. The van der Waals surface area contributed by atoms with Crippen molar-refractivity contribution in [3.63, 3.8) is 0 Å². The summed E-state index contributed by atoms with van der Waals surface area (Å²) in [5.74, 6) is -0.262.